The number of amides is 1. The molecule has 0 aliphatic carbocycles. The van der Waals surface area contributed by atoms with Gasteiger partial charge in [0.25, 0.3) is 5.91 Å². The predicted octanol–water partition coefficient (Wildman–Crippen LogP) is 5.44. The number of hydrogen-bond acceptors (Lipinski definition) is 6. The van der Waals surface area contributed by atoms with Crippen LogP contribution in [0.25, 0.3) is 17.0 Å². The second kappa shape index (κ2) is 9.61. The summed E-state index contributed by atoms with van der Waals surface area (Å²) in [6.07, 6.45) is -0.624. The van der Waals surface area contributed by atoms with Crippen LogP contribution in [0.1, 0.15) is 17.5 Å². The second-order valence-corrected chi connectivity index (χ2v) is 10.4. The van der Waals surface area contributed by atoms with E-state index in [2.05, 4.69) is 21.2 Å². The maximum Gasteiger partial charge on any atom is 0.276 e. The Bertz CT molecular complexity index is 1630. The third kappa shape index (κ3) is 4.36. The first-order valence-corrected chi connectivity index (χ1v) is 13.3. The van der Waals surface area contributed by atoms with Gasteiger partial charge in [0, 0.05) is 26.0 Å². The minimum absolute atomic E-state index is 0.237. The van der Waals surface area contributed by atoms with Gasteiger partial charge in [-0.2, -0.15) is 0 Å². The Labute approximate surface area is 224 Å². The van der Waals surface area contributed by atoms with Crippen LogP contribution in [0.2, 0.25) is 5.02 Å². The van der Waals surface area contributed by atoms with Gasteiger partial charge in [-0.3, -0.25) is 10.1 Å². The molecule has 178 valence electrons. The number of hydrazone groups is 1. The van der Waals surface area contributed by atoms with Crippen LogP contribution >= 0.6 is 39.3 Å². The zero-order chi connectivity index (χ0) is 24.6. The number of halogens is 2. The van der Waals surface area contributed by atoms with Crippen molar-refractivity contribution in [3.63, 3.8) is 0 Å². The van der Waals surface area contributed by atoms with Gasteiger partial charge in [-0.25, -0.2) is 10.0 Å². The molecule has 2 aliphatic heterocycles. The van der Waals surface area contributed by atoms with Crippen LogP contribution in [0.4, 0.5) is 0 Å². The minimum atomic E-state index is -0.624. The first-order chi connectivity index (χ1) is 17.6. The Morgan fingerprint density at radius 2 is 1.78 bits per heavy atom. The zero-order valence-corrected chi connectivity index (χ0v) is 21.8. The van der Waals surface area contributed by atoms with E-state index in [1.54, 1.807) is 5.01 Å². The van der Waals surface area contributed by atoms with Gasteiger partial charge >= 0.3 is 0 Å². The molecule has 6 nitrogen and oxygen atoms in total. The maximum atomic E-state index is 13.3. The molecule has 1 atom stereocenters. The number of thioether (sulfide) groups is 1. The summed E-state index contributed by atoms with van der Waals surface area (Å²) >= 11 is 11.2. The fourth-order valence-corrected chi connectivity index (χ4v) is 5.50. The van der Waals surface area contributed by atoms with Crippen molar-refractivity contribution in [3.05, 3.63) is 116 Å². The molecule has 0 spiro atoms. The van der Waals surface area contributed by atoms with Crippen molar-refractivity contribution >= 4 is 56.1 Å². The monoisotopic (exact) mass is 576 g/mol. The van der Waals surface area contributed by atoms with Gasteiger partial charge < -0.3 is 4.42 Å². The van der Waals surface area contributed by atoms with Gasteiger partial charge in [-0.15, -0.1) is 5.10 Å². The number of amidine groups is 1. The highest BCUT2D eigenvalue weighted by Gasteiger charge is 2.36. The molecular weight excluding hydrogens is 560 g/mol. The molecule has 4 aromatic rings. The molecule has 1 aromatic heterocycles. The van der Waals surface area contributed by atoms with E-state index in [0.29, 0.717) is 38.5 Å². The van der Waals surface area contributed by atoms with Gasteiger partial charge in [0.1, 0.15) is 11.5 Å². The zero-order valence-electron chi connectivity index (χ0n) is 18.7. The lowest BCUT2D eigenvalue weighted by molar-refractivity contribution is -0.116. The number of nitrogens with one attached hydrogen (secondary N) is 1. The molecule has 1 N–H and O–H groups in total. The molecule has 36 heavy (non-hydrogen) atoms. The van der Waals surface area contributed by atoms with Crippen molar-refractivity contribution in [3.8, 4) is 11.3 Å². The van der Waals surface area contributed by atoms with Crippen molar-refractivity contribution in [2.45, 2.75) is 11.9 Å². The molecule has 6 rings (SSSR count). The molecule has 0 saturated heterocycles. The fraction of sp³-hybridized carbons (Fsp3) is 0.0741. The van der Waals surface area contributed by atoms with Gasteiger partial charge in [-0.05, 0) is 42.0 Å². The molecule has 0 fully saturated rings. The molecule has 0 radical (unpaired) electrons. The summed E-state index contributed by atoms with van der Waals surface area (Å²) < 4.78 is 7.23. The highest BCUT2D eigenvalue weighted by molar-refractivity contribution is 9.10. The summed E-state index contributed by atoms with van der Waals surface area (Å²) in [5.74, 6) is 1.63. The number of nitrogens with zero attached hydrogens (tertiary/aromatic N) is 3. The average molecular weight is 578 g/mol. The average Bonchev–Trinajstić information content (AvgIpc) is 3.38. The van der Waals surface area contributed by atoms with Crippen molar-refractivity contribution < 1.29 is 9.21 Å². The number of furan rings is 1. The highest BCUT2D eigenvalue weighted by Crippen LogP contribution is 2.34. The van der Waals surface area contributed by atoms with E-state index in [1.807, 2.05) is 84.9 Å². The molecule has 3 heterocycles. The van der Waals surface area contributed by atoms with Crippen molar-refractivity contribution in [1.29, 1.82) is 0 Å². The Balaban J connectivity index is 1.39. The second-order valence-electron chi connectivity index (χ2n) is 8.16. The molecule has 2 aliphatic rings. The largest absolute Gasteiger partial charge is 0.457 e. The number of hydrogen-bond donors (Lipinski definition) is 1. The highest BCUT2D eigenvalue weighted by atomic mass is 79.9. The van der Waals surface area contributed by atoms with E-state index in [4.69, 9.17) is 26.1 Å². The van der Waals surface area contributed by atoms with Crippen molar-refractivity contribution in [2.75, 3.05) is 0 Å². The summed E-state index contributed by atoms with van der Waals surface area (Å²) in [6.45, 7) is 0. The van der Waals surface area contributed by atoms with Crippen LogP contribution in [0.5, 0.6) is 0 Å². The Hall–Kier alpha value is -3.33. The quantitative estimate of drug-likeness (QED) is 0.351. The lowest BCUT2D eigenvalue weighted by Crippen LogP contribution is -2.50. The Morgan fingerprint density at radius 1 is 1.00 bits per heavy atom. The van der Waals surface area contributed by atoms with E-state index in [0.717, 1.165) is 20.8 Å². The molecule has 3 aromatic carbocycles. The van der Waals surface area contributed by atoms with Crippen LogP contribution in [-0.2, 0) is 10.5 Å². The van der Waals surface area contributed by atoms with Crippen LogP contribution in [0.3, 0.4) is 0 Å². The summed E-state index contributed by atoms with van der Waals surface area (Å²) in [7, 11) is 0. The lowest BCUT2D eigenvalue weighted by atomic mass is 10.1. The fourth-order valence-electron chi connectivity index (χ4n) is 4.10. The summed E-state index contributed by atoms with van der Waals surface area (Å²) in [5, 5.41) is 12.0. The van der Waals surface area contributed by atoms with E-state index in [1.165, 1.54) is 11.8 Å². The summed E-state index contributed by atoms with van der Waals surface area (Å²) in [4.78, 5) is 18.2. The van der Waals surface area contributed by atoms with Crippen molar-refractivity contribution in [2.24, 2.45) is 10.1 Å². The maximum absolute atomic E-state index is 13.3. The molecule has 0 saturated carbocycles. The number of benzene rings is 3. The Kier molecular flexibility index (Phi) is 6.17. The van der Waals surface area contributed by atoms with Gasteiger partial charge in [-0.1, -0.05) is 87.8 Å². The van der Waals surface area contributed by atoms with Gasteiger partial charge in [0.15, 0.2) is 10.9 Å². The summed E-state index contributed by atoms with van der Waals surface area (Å²) in [5.41, 5.74) is 2.35. The van der Waals surface area contributed by atoms with Gasteiger partial charge in [0.2, 0.25) is 6.17 Å². The third-order valence-electron chi connectivity index (χ3n) is 5.85. The number of carbonyl (C=O) groups is 1. The topological polar surface area (TPSA) is 70.2 Å². The van der Waals surface area contributed by atoms with E-state index < -0.39 is 6.17 Å². The third-order valence-corrected chi connectivity index (χ3v) is 7.66. The molecule has 0 bridgehead atoms. The van der Waals surface area contributed by atoms with Crippen molar-refractivity contribution in [1.82, 2.24) is 10.3 Å². The number of para-hydroxylation sites is 1. The molecule has 1 amide bonds. The van der Waals surface area contributed by atoms with Crippen LogP contribution in [0.15, 0.2) is 104 Å². The van der Waals surface area contributed by atoms with Crippen LogP contribution in [-0.4, -0.2) is 16.1 Å². The SMILES string of the molecule is O=C1NC(SCc2ccccc2Cl)=NN2C1=c1ccccc1=N[C@@H]2c1ccc(-c2ccc(Br)cc2)o1. The van der Waals surface area contributed by atoms with E-state index >= 15 is 0 Å². The first-order valence-electron chi connectivity index (χ1n) is 11.1. The van der Waals surface area contributed by atoms with Gasteiger partial charge in [0.05, 0.1) is 5.36 Å². The smallest absolute Gasteiger partial charge is 0.276 e. The number of carbonyl (C=O) groups excluding carboxylic acids is 1. The standard InChI is InChI=1S/C27H18BrClN4O2S/c28-18-11-9-16(10-12-18)22-13-14-23(35-22)25-30-21-8-4-2-6-19(21)24-26(34)31-27(32-33(24)25)36-15-17-5-1-3-7-20(17)29/h1-14,25H,15H2,(H,31,32,34)/t25-/m0/s1. The van der Waals surface area contributed by atoms with E-state index in [-0.39, 0.29) is 5.91 Å². The molecule has 0 unspecified atom stereocenters. The molecule has 9 heteroatoms. The number of fused-ring (bicyclic) bond motifs is 2. The summed E-state index contributed by atoms with van der Waals surface area (Å²) in [6, 6.07) is 26.9. The Morgan fingerprint density at radius 3 is 2.61 bits per heavy atom. The minimum Gasteiger partial charge on any atom is -0.457 e. The van der Waals surface area contributed by atoms with Crippen LogP contribution in [0, 0.1) is 0 Å². The number of rotatable bonds is 4. The normalized spacial score (nSPS) is 16.6. The van der Waals surface area contributed by atoms with E-state index in [9.17, 15) is 4.79 Å². The lowest BCUT2D eigenvalue weighted by Gasteiger charge is -2.32. The first kappa shape index (κ1) is 23.1. The predicted molar refractivity (Wildman–Crippen MR) is 145 cm³/mol. The molecular formula is C27H18BrClN4O2S. The van der Waals surface area contributed by atoms with Crippen LogP contribution < -0.4 is 15.9 Å².